The van der Waals surface area contributed by atoms with Crippen molar-refractivity contribution in [1.82, 2.24) is 37.2 Å². The highest BCUT2D eigenvalue weighted by Gasteiger charge is 2.33. The van der Waals surface area contributed by atoms with Gasteiger partial charge in [-0.25, -0.2) is 4.79 Å². The van der Waals surface area contributed by atoms with Gasteiger partial charge in [0.15, 0.2) is 0 Å². The molecule has 10 N–H and O–H groups in total. The fourth-order valence-electron chi connectivity index (χ4n) is 9.06. The second-order valence-electron chi connectivity index (χ2n) is 22.2. The molecule has 438 valence electrons. The van der Waals surface area contributed by atoms with Gasteiger partial charge in [-0.2, -0.15) is 0 Å². The number of nitrogens with two attached hydrogens (primary N) is 1. The number of hydrogen-bond donors (Lipinski definition) is 9. The molecule has 3 aromatic rings. The van der Waals surface area contributed by atoms with Crippen LogP contribution in [-0.2, 0) is 52.8 Å². The molecule has 0 fully saturated rings. The Balaban J connectivity index is 1.48. The minimum Gasteiger partial charge on any atom is -0.444 e. The number of carbonyl (C=O) groups is 7. The van der Waals surface area contributed by atoms with E-state index in [-0.39, 0.29) is 61.7 Å². The maximum atomic E-state index is 14.5. The van der Waals surface area contributed by atoms with Crippen LogP contribution in [0.3, 0.4) is 0 Å². The van der Waals surface area contributed by atoms with Crippen LogP contribution in [0.1, 0.15) is 160 Å². The van der Waals surface area contributed by atoms with E-state index in [0.29, 0.717) is 58.4 Å². The molecule has 0 radical (unpaired) electrons. The zero-order chi connectivity index (χ0) is 57.7. The number of unbranched alkanes of at least 4 members (excludes halogenated alkanes) is 8. The second kappa shape index (κ2) is 39.1. The lowest BCUT2D eigenvalue weighted by atomic mass is 9.88. The molecule has 2 unspecified atom stereocenters. The van der Waals surface area contributed by atoms with Crippen molar-refractivity contribution < 1.29 is 43.4 Å². The highest BCUT2D eigenvalue weighted by atomic mass is 16.6. The zero-order valence-corrected chi connectivity index (χ0v) is 48.1. The second-order valence-corrected chi connectivity index (χ2v) is 22.2. The first-order valence-electron chi connectivity index (χ1n) is 29.1. The van der Waals surface area contributed by atoms with E-state index in [1.54, 1.807) is 20.8 Å². The Kier molecular flexibility index (Phi) is 33.1. The molecule has 0 aliphatic heterocycles. The lowest BCUT2D eigenvalue weighted by molar-refractivity contribution is -0.134. The Morgan fingerprint density at radius 1 is 0.481 bits per heavy atom. The Hall–Kier alpha value is -6.33. The zero-order valence-electron chi connectivity index (χ0n) is 48.1. The standard InChI is InChI=1S/C62H96N8O9/c1-46(2)41-52(68-58(75)50(42-47-27-13-6-14-28-47)45-54(71)51(43-48-29-15-7-16-30-48)70-61(78)79-62(3,4)5)60(77)69-53(44-49-31-17-8-18-32-49)59(76)67-40-26-12-25-39-66-57(74)35-21-11-24-38-65-56(73)34-20-10-23-37-64-55(72)33-19-9-22-36-63/h6-8,13-18,27-32,46,50-54,71H,9-12,19-26,33-45,63H2,1-5H3,(H,64,72)(H,65,73)(H,66,74)(H,67,76)(H,68,75)(H,69,77)(H,70,78)/t50-,51-,52?,53?,54+/m0/s1. The van der Waals surface area contributed by atoms with Crippen molar-refractivity contribution in [1.29, 1.82) is 0 Å². The van der Waals surface area contributed by atoms with E-state index in [1.165, 1.54) is 0 Å². The summed E-state index contributed by atoms with van der Waals surface area (Å²) in [6.07, 6.45) is 10.3. The number of aliphatic hydroxyl groups excluding tert-OH is 1. The molecule has 79 heavy (non-hydrogen) atoms. The summed E-state index contributed by atoms with van der Waals surface area (Å²) in [4.78, 5) is 92.3. The molecule has 3 rings (SSSR count). The van der Waals surface area contributed by atoms with E-state index < -0.39 is 53.7 Å². The maximum Gasteiger partial charge on any atom is 0.407 e. The monoisotopic (exact) mass is 1100 g/mol. The maximum absolute atomic E-state index is 14.5. The first kappa shape index (κ1) is 66.9. The molecule has 7 amide bonds. The fraction of sp³-hybridized carbons (Fsp3) is 0.597. The molecule has 0 saturated heterocycles. The number of ether oxygens (including phenoxy) is 1. The van der Waals surface area contributed by atoms with E-state index in [9.17, 15) is 38.7 Å². The molecule has 0 aromatic heterocycles. The van der Waals surface area contributed by atoms with Crippen LogP contribution in [0.2, 0.25) is 0 Å². The van der Waals surface area contributed by atoms with Gasteiger partial charge < -0.3 is 52.8 Å². The summed E-state index contributed by atoms with van der Waals surface area (Å²) in [5.41, 5.74) is 7.29. The van der Waals surface area contributed by atoms with Crippen LogP contribution < -0.4 is 43.0 Å². The SMILES string of the molecule is CC(C)CC(NC(=O)[C@@H](Cc1ccccc1)C[C@@H](O)[C@H](Cc1ccccc1)NC(=O)OC(C)(C)C)C(=O)NC(Cc1ccccc1)C(=O)NCCCCCNC(=O)CCCCCNC(=O)CCCCCNC(=O)CCCCCN. The van der Waals surface area contributed by atoms with Crippen molar-refractivity contribution in [2.75, 3.05) is 32.7 Å². The average molecular weight is 1100 g/mol. The molecule has 5 atom stereocenters. The molecular weight excluding hydrogens is 1000 g/mol. The van der Waals surface area contributed by atoms with Crippen molar-refractivity contribution in [2.24, 2.45) is 17.6 Å². The quantitative estimate of drug-likeness (QED) is 0.0257. The third-order valence-electron chi connectivity index (χ3n) is 13.3. The van der Waals surface area contributed by atoms with E-state index in [4.69, 9.17) is 10.5 Å². The summed E-state index contributed by atoms with van der Waals surface area (Å²) in [5, 5.41) is 32.6. The van der Waals surface area contributed by atoms with Gasteiger partial charge in [0.25, 0.3) is 0 Å². The van der Waals surface area contributed by atoms with Gasteiger partial charge in [-0.05, 0) is 133 Å². The predicted molar refractivity (Wildman–Crippen MR) is 311 cm³/mol. The van der Waals surface area contributed by atoms with Gasteiger partial charge in [0.2, 0.25) is 35.4 Å². The fourth-order valence-corrected chi connectivity index (χ4v) is 9.06. The normalized spacial score (nSPS) is 13.2. The number of amides is 7. The minimum atomic E-state index is -1.18. The van der Waals surface area contributed by atoms with Gasteiger partial charge in [0.05, 0.1) is 12.1 Å². The Labute approximate surface area is 471 Å². The number of nitrogens with one attached hydrogen (secondary N) is 7. The number of carbonyl (C=O) groups excluding carboxylic acids is 7. The Morgan fingerprint density at radius 2 is 0.899 bits per heavy atom. The van der Waals surface area contributed by atoms with Crippen LogP contribution in [0, 0.1) is 11.8 Å². The molecule has 17 nitrogen and oxygen atoms in total. The summed E-state index contributed by atoms with van der Waals surface area (Å²) < 4.78 is 5.56. The lowest BCUT2D eigenvalue weighted by Gasteiger charge is -2.30. The van der Waals surface area contributed by atoms with Gasteiger partial charge in [0, 0.05) is 57.8 Å². The Bertz CT molecular complexity index is 2210. The first-order chi connectivity index (χ1) is 37.9. The third-order valence-corrected chi connectivity index (χ3v) is 13.3. The van der Waals surface area contributed by atoms with Crippen LogP contribution in [0.5, 0.6) is 0 Å². The van der Waals surface area contributed by atoms with Crippen LogP contribution in [0.25, 0.3) is 0 Å². The van der Waals surface area contributed by atoms with Crippen molar-refractivity contribution >= 4 is 41.5 Å². The van der Waals surface area contributed by atoms with E-state index >= 15 is 0 Å². The van der Waals surface area contributed by atoms with Crippen molar-refractivity contribution in [3.63, 3.8) is 0 Å². The molecular formula is C62H96N8O9. The first-order valence-corrected chi connectivity index (χ1v) is 29.1. The smallest absolute Gasteiger partial charge is 0.407 e. The molecule has 0 heterocycles. The molecule has 0 aliphatic carbocycles. The number of benzene rings is 3. The van der Waals surface area contributed by atoms with E-state index in [0.717, 1.165) is 87.3 Å². The minimum absolute atomic E-state index is 0.0114. The molecule has 17 heteroatoms. The summed E-state index contributed by atoms with van der Waals surface area (Å²) in [6, 6.07) is 25.5. The Morgan fingerprint density at radius 3 is 1.35 bits per heavy atom. The van der Waals surface area contributed by atoms with Crippen molar-refractivity contribution in [3.8, 4) is 0 Å². The molecule has 0 bridgehead atoms. The summed E-state index contributed by atoms with van der Waals surface area (Å²) in [6.45, 7) is 11.9. The van der Waals surface area contributed by atoms with Gasteiger partial charge >= 0.3 is 6.09 Å². The van der Waals surface area contributed by atoms with Gasteiger partial charge in [-0.15, -0.1) is 0 Å². The summed E-state index contributed by atoms with van der Waals surface area (Å²) in [5.74, 6) is -2.05. The average Bonchev–Trinajstić information content (AvgIpc) is 3.41. The number of hydrogen-bond acceptors (Lipinski definition) is 10. The summed E-state index contributed by atoms with van der Waals surface area (Å²) >= 11 is 0. The number of alkyl carbamates (subject to hydrolysis) is 1. The molecule has 0 aliphatic rings. The van der Waals surface area contributed by atoms with Crippen LogP contribution in [0.15, 0.2) is 91.0 Å². The van der Waals surface area contributed by atoms with Gasteiger partial charge in [0.1, 0.15) is 17.7 Å². The molecule has 3 aromatic carbocycles. The van der Waals surface area contributed by atoms with Crippen LogP contribution in [0.4, 0.5) is 4.79 Å². The number of rotatable bonds is 40. The van der Waals surface area contributed by atoms with Gasteiger partial charge in [-0.1, -0.05) is 124 Å². The van der Waals surface area contributed by atoms with E-state index in [2.05, 4.69) is 37.2 Å². The highest BCUT2D eigenvalue weighted by molar-refractivity contribution is 5.92. The van der Waals surface area contributed by atoms with Gasteiger partial charge in [-0.3, -0.25) is 28.8 Å². The molecule has 0 saturated carbocycles. The number of aliphatic hydroxyl groups is 1. The topological polar surface area (TPSA) is 259 Å². The van der Waals surface area contributed by atoms with Crippen LogP contribution >= 0.6 is 0 Å². The van der Waals surface area contributed by atoms with Crippen molar-refractivity contribution in [3.05, 3.63) is 108 Å². The van der Waals surface area contributed by atoms with Crippen molar-refractivity contribution in [2.45, 2.75) is 193 Å². The lowest BCUT2D eigenvalue weighted by Crippen LogP contribution is -2.56. The predicted octanol–water partition coefficient (Wildman–Crippen LogP) is 7.27. The molecule has 0 spiro atoms. The summed E-state index contributed by atoms with van der Waals surface area (Å²) in [7, 11) is 0. The highest BCUT2D eigenvalue weighted by Crippen LogP contribution is 2.21. The largest absolute Gasteiger partial charge is 0.444 e. The third kappa shape index (κ3) is 31.8. The van der Waals surface area contributed by atoms with E-state index in [1.807, 2.05) is 105 Å². The van der Waals surface area contributed by atoms with Crippen LogP contribution in [-0.4, -0.2) is 109 Å².